The van der Waals surface area contributed by atoms with Crippen molar-refractivity contribution in [2.24, 2.45) is 0 Å². The van der Waals surface area contributed by atoms with Crippen molar-refractivity contribution in [3.63, 3.8) is 0 Å². The Morgan fingerprint density at radius 1 is 1.12 bits per heavy atom. The van der Waals surface area contributed by atoms with Crippen molar-refractivity contribution in [3.8, 4) is 11.5 Å². The summed E-state index contributed by atoms with van der Waals surface area (Å²) in [7, 11) is 0. The third kappa shape index (κ3) is 10.0. The molecule has 2 aromatic rings. The van der Waals surface area contributed by atoms with Crippen LogP contribution in [-0.2, 0) is 17.6 Å². The van der Waals surface area contributed by atoms with Gasteiger partial charge in [0.2, 0.25) is 0 Å². The molecule has 0 bridgehead atoms. The number of para-hydroxylation sites is 2. The first-order valence-electron chi connectivity index (χ1n) is 14.0. The highest BCUT2D eigenvalue weighted by Gasteiger charge is 2.30. The van der Waals surface area contributed by atoms with Crippen LogP contribution < -0.4 is 20.1 Å². The first-order valence-corrected chi connectivity index (χ1v) is 14.0. The van der Waals surface area contributed by atoms with E-state index in [0.29, 0.717) is 31.5 Å². The van der Waals surface area contributed by atoms with Crippen molar-refractivity contribution in [1.29, 1.82) is 0 Å². The molecule has 3 N–H and O–H groups in total. The average molecular weight is 596 g/mol. The third-order valence-electron chi connectivity index (χ3n) is 6.36. The third-order valence-corrected chi connectivity index (χ3v) is 6.36. The summed E-state index contributed by atoms with van der Waals surface area (Å²) in [5.74, 6) is -0.169. The largest absolute Gasteiger partial charge is 0.488 e. The van der Waals surface area contributed by atoms with E-state index < -0.39 is 24.5 Å². The van der Waals surface area contributed by atoms with Crippen molar-refractivity contribution in [2.75, 3.05) is 44.8 Å². The fourth-order valence-corrected chi connectivity index (χ4v) is 4.54. The van der Waals surface area contributed by atoms with Crippen LogP contribution in [0.2, 0.25) is 0 Å². The summed E-state index contributed by atoms with van der Waals surface area (Å²) in [6.07, 6.45) is -3.44. The van der Waals surface area contributed by atoms with Gasteiger partial charge in [0.05, 0.1) is 17.8 Å². The van der Waals surface area contributed by atoms with Crippen LogP contribution in [0.3, 0.4) is 0 Å². The Bertz CT molecular complexity index is 1220. The lowest BCUT2D eigenvalue weighted by Gasteiger charge is -2.32. The molecule has 3 rings (SSSR count). The number of alkyl halides is 3. The van der Waals surface area contributed by atoms with Crippen molar-refractivity contribution >= 4 is 17.7 Å². The number of rotatable bonds is 13. The van der Waals surface area contributed by atoms with E-state index in [4.69, 9.17) is 19.3 Å². The van der Waals surface area contributed by atoms with E-state index in [1.807, 2.05) is 13.0 Å². The Morgan fingerprint density at radius 3 is 2.45 bits per heavy atom. The molecular weight excluding hydrogens is 555 g/mol. The van der Waals surface area contributed by atoms with Crippen LogP contribution >= 0.6 is 0 Å². The van der Waals surface area contributed by atoms with Crippen LogP contribution in [0.5, 0.6) is 11.5 Å². The molecule has 1 aliphatic rings. The first kappa shape index (κ1) is 32.8. The molecule has 0 fully saturated rings. The predicted octanol–water partition coefficient (Wildman–Crippen LogP) is 4.96. The summed E-state index contributed by atoms with van der Waals surface area (Å²) in [4.78, 5) is 27.7. The number of fused-ring (bicyclic) bond motifs is 1. The molecular formula is C30H40F3N3O6. The summed E-state index contributed by atoms with van der Waals surface area (Å²) in [6.45, 7) is 6.78. The van der Waals surface area contributed by atoms with Crippen LogP contribution in [0.25, 0.3) is 0 Å². The lowest BCUT2D eigenvalue weighted by atomic mass is 9.97. The fourth-order valence-electron chi connectivity index (χ4n) is 4.54. The molecule has 0 spiro atoms. The zero-order valence-corrected chi connectivity index (χ0v) is 24.5. The lowest BCUT2D eigenvalue weighted by Crippen LogP contribution is -2.45. The number of ether oxygens (including phenoxy) is 3. The standard InChI is InChI=1S/C30H40F3N3O6/c1-20(16-21-17-22-10-12-34-26(22)23(18-21)27(38)35-11-7-14-37)36(28(39)42-29(2,3)4)13-15-40-24-8-5-6-9-25(24)41-19-30(31,32)33/h5-6,8-9,17-18,20,34,37H,7,10-16,19H2,1-4H3,(H,35,38). The molecule has 1 heterocycles. The van der Waals surface area contributed by atoms with Crippen molar-refractivity contribution < 1.29 is 42.1 Å². The van der Waals surface area contributed by atoms with Crippen LogP contribution in [0.1, 0.15) is 55.6 Å². The lowest BCUT2D eigenvalue weighted by molar-refractivity contribution is -0.153. The van der Waals surface area contributed by atoms with Crippen LogP contribution in [0.4, 0.5) is 23.7 Å². The van der Waals surface area contributed by atoms with Gasteiger partial charge in [-0.2, -0.15) is 13.2 Å². The summed E-state index contributed by atoms with van der Waals surface area (Å²) < 4.78 is 54.3. The minimum Gasteiger partial charge on any atom is -0.488 e. The number of hydrogen-bond donors (Lipinski definition) is 3. The molecule has 9 nitrogen and oxygen atoms in total. The van der Waals surface area contributed by atoms with E-state index in [9.17, 15) is 22.8 Å². The van der Waals surface area contributed by atoms with E-state index in [2.05, 4.69) is 10.6 Å². The van der Waals surface area contributed by atoms with Crippen molar-refractivity contribution in [3.05, 3.63) is 53.1 Å². The highest BCUT2D eigenvalue weighted by molar-refractivity contribution is 6.01. The van der Waals surface area contributed by atoms with Gasteiger partial charge in [0.15, 0.2) is 18.1 Å². The van der Waals surface area contributed by atoms with E-state index in [0.717, 1.165) is 23.2 Å². The van der Waals surface area contributed by atoms with Gasteiger partial charge in [0.25, 0.3) is 5.91 Å². The maximum absolute atomic E-state index is 13.2. The van der Waals surface area contributed by atoms with Gasteiger partial charge in [-0.25, -0.2) is 4.79 Å². The normalized spacial score (nSPS) is 13.5. The van der Waals surface area contributed by atoms with E-state index in [1.54, 1.807) is 39.0 Å². The van der Waals surface area contributed by atoms with E-state index in [-0.39, 0.29) is 43.2 Å². The molecule has 232 valence electrons. The SMILES string of the molecule is CC(Cc1cc2c(c(C(=O)NCCCO)c1)NCC2)N(CCOc1ccccc1OCC(F)(F)F)C(=O)OC(C)(C)C. The second-order valence-electron chi connectivity index (χ2n) is 11.1. The minimum atomic E-state index is -4.50. The second kappa shape index (κ2) is 14.5. The molecule has 0 saturated carbocycles. The maximum Gasteiger partial charge on any atom is 0.422 e. The number of hydrogen-bond acceptors (Lipinski definition) is 7. The topological polar surface area (TPSA) is 109 Å². The van der Waals surface area contributed by atoms with Gasteiger partial charge in [-0.1, -0.05) is 18.2 Å². The number of anilines is 1. The molecule has 1 unspecified atom stereocenters. The molecule has 42 heavy (non-hydrogen) atoms. The summed E-state index contributed by atoms with van der Waals surface area (Å²) >= 11 is 0. The zero-order chi connectivity index (χ0) is 30.9. The quantitative estimate of drug-likeness (QED) is 0.281. The number of aliphatic hydroxyl groups excluding tert-OH is 1. The minimum absolute atomic E-state index is 0.0232. The zero-order valence-electron chi connectivity index (χ0n) is 24.5. The fraction of sp³-hybridized carbons (Fsp3) is 0.533. The van der Waals surface area contributed by atoms with Gasteiger partial charge >= 0.3 is 12.3 Å². The number of aliphatic hydroxyl groups is 1. The molecule has 0 saturated heterocycles. The Balaban J connectivity index is 1.76. The van der Waals surface area contributed by atoms with Gasteiger partial charge in [-0.05, 0) is 76.3 Å². The smallest absolute Gasteiger partial charge is 0.422 e. The first-order chi connectivity index (χ1) is 19.8. The van der Waals surface area contributed by atoms with Crippen LogP contribution in [0, 0.1) is 0 Å². The number of benzene rings is 2. The summed E-state index contributed by atoms with van der Waals surface area (Å²) in [5.41, 5.74) is 2.41. The maximum atomic E-state index is 13.2. The molecule has 0 aliphatic carbocycles. The summed E-state index contributed by atoms with van der Waals surface area (Å²) in [5, 5.41) is 15.1. The van der Waals surface area contributed by atoms with Gasteiger partial charge in [0.1, 0.15) is 12.2 Å². The van der Waals surface area contributed by atoms with Crippen LogP contribution in [-0.4, -0.2) is 79.3 Å². The molecule has 2 amide bonds. The molecule has 2 aromatic carbocycles. The Hall–Kier alpha value is -3.67. The molecule has 0 radical (unpaired) electrons. The van der Waals surface area contributed by atoms with Gasteiger partial charge in [-0.3, -0.25) is 4.79 Å². The number of nitrogens with zero attached hydrogens (tertiary/aromatic N) is 1. The summed E-state index contributed by atoms with van der Waals surface area (Å²) in [6, 6.07) is 9.49. The molecule has 12 heteroatoms. The Kier molecular flexibility index (Phi) is 11.3. The Morgan fingerprint density at radius 2 is 1.81 bits per heavy atom. The van der Waals surface area contributed by atoms with Crippen LogP contribution in [0.15, 0.2) is 36.4 Å². The van der Waals surface area contributed by atoms with Gasteiger partial charge in [-0.15, -0.1) is 0 Å². The number of nitrogens with one attached hydrogen (secondary N) is 2. The van der Waals surface area contributed by atoms with Gasteiger partial charge < -0.3 is 34.9 Å². The number of halogens is 3. The highest BCUT2D eigenvalue weighted by atomic mass is 19.4. The molecule has 1 atom stereocenters. The molecule has 1 aliphatic heterocycles. The van der Waals surface area contributed by atoms with E-state index >= 15 is 0 Å². The second-order valence-corrected chi connectivity index (χ2v) is 11.1. The number of carbonyl (C=O) groups excluding carboxylic acids is 2. The van der Waals surface area contributed by atoms with E-state index in [1.165, 1.54) is 17.0 Å². The predicted molar refractivity (Wildman–Crippen MR) is 152 cm³/mol. The number of amides is 2. The average Bonchev–Trinajstić information content (AvgIpc) is 3.37. The van der Waals surface area contributed by atoms with Gasteiger partial charge in [0, 0.05) is 25.7 Å². The molecule has 0 aromatic heterocycles. The number of carbonyl (C=O) groups is 2. The van der Waals surface area contributed by atoms with Crippen molar-refractivity contribution in [2.45, 2.75) is 64.8 Å². The highest BCUT2D eigenvalue weighted by Crippen LogP contribution is 2.30. The van der Waals surface area contributed by atoms with Crippen molar-refractivity contribution in [1.82, 2.24) is 10.2 Å². The Labute approximate surface area is 244 Å². The monoisotopic (exact) mass is 595 g/mol.